The fourth-order valence-electron chi connectivity index (χ4n) is 1.81. The standard InChI is InChI=1S/C14H19NO6S/c1-3-21-14(17)12(9-22(18,19)20)15-13(16)10(2)11-7-5-4-6-8-11/h4-8,10,12H,3,9H2,1-2H3,(H,15,16)(H,18,19,20)/t10?,12-/m0/s1. The molecule has 0 heterocycles. The monoisotopic (exact) mass is 329 g/mol. The van der Waals surface area contributed by atoms with Crippen molar-refractivity contribution in [1.82, 2.24) is 5.32 Å². The molecule has 0 bridgehead atoms. The molecule has 0 radical (unpaired) electrons. The number of rotatable bonds is 7. The van der Waals surface area contributed by atoms with Crippen LogP contribution in [0.4, 0.5) is 0 Å². The fraction of sp³-hybridized carbons (Fsp3) is 0.429. The first kappa shape index (κ1) is 18.1. The van der Waals surface area contributed by atoms with E-state index in [2.05, 4.69) is 5.32 Å². The zero-order chi connectivity index (χ0) is 16.8. The number of nitrogens with one attached hydrogen (secondary N) is 1. The molecule has 8 heteroatoms. The first-order valence-electron chi connectivity index (χ1n) is 6.71. The van der Waals surface area contributed by atoms with E-state index in [0.717, 1.165) is 5.56 Å². The molecule has 0 aliphatic heterocycles. The van der Waals surface area contributed by atoms with Gasteiger partial charge in [-0.25, -0.2) is 4.79 Å². The predicted octanol–water partition coefficient (Wildman–Crippen LogP) is 0.726. The van der Waals surface area contributed by atoms with Gasteiger partial charge in [0, 0.05) is 0 Å². The van der Waals surface area contributed by atoms with Crippen LogP contribution in [0.1, 0.15) is 25.3 Å². The lowest BCUT2D eigenvalue weighted by Crippen LogP contribution is -2.47. The van der Waals surface area contributed by atoms with Crippen LogP contribution >= 0.6 is 0 Å². The Kier molecular flexibility index (Phi) is 6.51. The minimum absolute atomic E-state index is 0.0327. The Morgan fingerprint density at radius 3 is 2.36 bits per heavy atom. The summed E-state index contributed by atoms with van der Waals surface area (Å²) >= 11 is 0. The quantitative estimate of drug-likeness (QED) is 0.563. The van der Waals surface area contributed by atoms with Crippen molar-refractivity contribution in [3.63, 3.8) is 0 Å². The summed E-state index contributed by atoms with van der Waals surface area (Å²) in [7, 11) is -4.44. The van der Waals surface area contributed by atoms with Crippen molar-refractivity contribution in [3.8, 4) is 0 Å². The largest absolute Gasteiger partial charge is 0.464 e. The first-order valence-corrected chi connectivity index (χ1v) is 8.32. The summed E-state index contributed by atoms with van der Waals surface area (Å²) in [5.74, 6) is -2.96. The Balaban J connectivity index is 2.84. The van der Waals surface area contributed by atoms with Gasteiger partial charge in [0.2, 0.25) is 5.91 Å². The maximum Gasteiger partial charge on any atom is 0.329 e. The molecule has 0 saturated carbocycles. The SMILES string of the molecule is CCOC(=O)[C@H](CS(=O)(=O)O)NC(=O)C(C)c1ccccc1. The Bertz CT molecular complexity index is 613. The zero-order valence-corrected chi connectivity index (χ0v) is 13.2. The Morgan fingerprint density at radius 2 is 1.86 bits per heavy atom. The van der Waals surface area contributed by atoms with Gasteiger partial charge in [0.15, 0.2) is 0 Å². The van der Waals surface area contributed by atoms with Gasteiger partial charge in [-0.1, -0.05) is 30.3 Å². The number of benzene rings is 1. The van der Waals surface area contributed by atoms with Gasteiger partial charge in [-0.15, -0.1) is 0 Å². The second-order valence-corrected chi connectivity index (χ2v) is 6.19. The van der Waals surface area contributed by atoms with E-state index in [0.29, 0.717) is 0 Å². The third-order valence-corrected chi connectivity index (χ3v) is 3.71. The molecule has 2 N–H and O–H groups in total. The summed E-state index contributed by atoms with van der Waals surface area (Å²) in [6.07, 6.45) is 0. The second kappa shape index (κ2) is 7.90. The number of ether oxygens (including phenoxy) is 1. The van der Waals surface area contributed by atoms with Crippen molar-refractivity contribution in [1.29, 1.82) is 0 Å². The maximum atomic E-state index is 12.2. The molecule has 0 spiro atoms. The summed E-state index contributed by atoms with van der Waals surface area (Å²) in [4.78, 5) is 23.9. The molecule has 1 aromatic carbocycles. The van der Waals surface area contributed by atoms with Gasteiger partial charge < -0.3 is 10.1 Å². The third-order valence-electron chi connectivity index (χ3n) is 2.96. The van der Waals surface area contributed by atoms with E-state index in [-0.39, 0.29) is 6.61 Å². The predicted molar refractivity (Wildman–Crippen MR) is 79.8 cm³/mol. The number of amides is 1. The van der Waals surface area contributed by atoms with Crippen LogP contribution in [0.15, 0.2) is 30.3 Å². The molecule has 22 heavy (non-hydrogen) atoms. The van der Waals surface area contributed by atoms with E-state index in [1.54, 1.807) is 44.2 Å². The van der Waals surface area contributed by atoms with Gasteiger partial charge in [0.25, 0.3) is 10.1 Å². The lowest BCUT2D eigenvalue weighted by atomic mass is 10.0. The summed E-state index contributed by atoms with van der Waals surface area (Å²) in [6, 6.07) is 7.36. The summed E-state index contributed by atoms with van der Waals surface area (Å²) in [5.41, 5.74) is 0.717. The number of carbonyl (C=O) groups excluding carboxylic acids is 2. The number of esters is 1. The summed E-state index contributed by atoms with van der Waals surface area (Å²) in [6.45, 7) is 3.21. The molecule has 2 atom stereocenters. The Labute approximate surface area is 129 Å². The van der Waals surface area contributed by atoms with Crippen LogP contribution in [-0.2, 0) is 24.4 Å². The zero-order valence-electron chi connectivity index (χ0n) is 12.4. The highest BCUT2D eigenvalue weighted by Gasteiger charge is 2.29. The van der Waals surface area contributed by atoms with Gasteiger partial charge in [-0.2, -0.15) is 8.42 Å². The van der Waals surface area contributed by atoms with E-state index >= 15 is 0 Å². The number of hydrogen-bond donors (Lipinski definition) is 2. The molecule has 1 rings (SSSR count). The van der Waals surface area contributed by atoms with Crippen LogP contribution in [0.5, 0.6) is 0 Å². The van der Waals surface area contributed by atoms with Crippen molar-refractivity contribution >= 4 is 22.0 Å². The molecule has 0 aromatic heterocycles. The average molecular weight is 329 g/mol. The van der Waals surface area contributed by atoms with Crippen molar-refractivity contribution in [3.05, 3.63) is 35.9 Å². The highest BCUT2D eigenvalue weighted by molar-refractivity contribution is 7.85. The van der Waals surface area contributed by atoms with Crippen molar-refractivity contribution in [2.75, 3.05) is 12.4 Å². The van der Waals surface area contributed by atoms with Gasteiger partial charge >= 0.3 is 5.97 Å². The van der Waals surface area contributed by atoms with Gasteiger partial charge in [0.1, 0.15) is 11.8 Å². The molecular weight excluding hydrogens is 310 g/mol. The van der Waals surface area contributed by atoms with Crippen LogP contribution in [0, 0.1) is 0 Å². The number of hydrogen-bond acceptors (Lipinski definition) is 5. The van der Waals surface area contributed by atoms with Crippen molar-refractivity contribution < 1.29 is 27.3 Å². The molecule has 0 fully saturated rings. The van der Waals surface area contributed by atoms with E-state index in [4.69, 9.17) is 9.29 Å². The van der Waals surface area contributed by atoms with Crippen LogP contribution in [0.2, 0.25) is 0 Å². The molecule has 1 unspecified atom stereocenters. The van der Waals surface area contributed by atoms with Gasteiger partial charge in [-0.3, -0.25) is 9.35 Å². The number of carbonyl (C=O) groups is 2. The fourth-order valence-corrected chi connectivity index (χ4v) is 2.45. The van der Waals surface area contributed by atoms with Crippen LogP contribution in [-0.4, -0.2) is 43.2 Å². The molecule has 1 amide bonds. The lowest BCUT2D eigenvalue weighted by molar-refractivity contribution is -0.146. The molecule has 7 nitrogen and oxygen atoms in total. The van der Waals surface area contributed by atoms with E-state index in [1.165, 1.54) is 0 Å². The molecule has 0 aliphatic carbocycles. The average Bonchev–Trinajstić information content (AvgIpc) is 2.45. The normalized spacial score (nSPS) is 14.0. The molecule has 122 valence electrons. The third kappa shape index (κ3) is 5.82. The first-order chi connectivity index (χ1) is 10.2. The van der Waals surface area contributed by atoms with Gasteiger partial charge in [-0.05, 0) is 19.4 Å². The highest BCUT2D eigenvalue weighted by Crippen LogP contribution is 2.15. The summed E-state index contributed by atoms with van der Waals surface area (Å²) < 4.78 is 35.5. The smallest absolute Gasteiger partial charge is 0.329 e. The molecule has 0 aliphatic rings. The Hall–Kier alpha value is -1.93. The van der Waals surface area contributed by atoms with E-state index in [9.17, 15) is 18.0 Å². The molecular formula is C14H19NO6S. The van der Waals surface area contributed by atoms with Gasteiger partial charge in [0.05, 0.1) is 12.5 Å². The lowest BCUT2D eigenvalue weighted by Gasteiger charge is -2.19. The van der Waals surface area contributed by atoms with E-state index < -0.39 is 39.7 Å². The minimum Gasteiger partial charge on any atom is -0.464 e. The van der Waals surface area contributed by atoms with E-state index in [1.807, 2.05) is 0 Å². The van der Waals surface area contributed by atoms with Crippen LogP contribution in [0.3, 0.4) is 0 Å². The van der Waals surface area contributed by atoms with Crippen LogP contribution < -0.4 is 5.32 Å². The Morgan fingerprint density at radius 1 is 1.27 bits per heavy atom. The topological polar surface area (TPSA) is 110 Å². The summed E-state index contributed by atoms with van der Waals surface area (Å²) in [5, 5.41) is 2.30. The maximum absolute atomic E-state index is 12.2. The molecule has 0 saturated heterocycles. The minimum atomic E-state index is -4.44. The van der Waals surface area contributed by atoms with Crippen LogP contribution in [0.25, 0.3) is 0 Å². The van der Waals surface area contributed by atoms with Crippen molar-refractivity contribution in [2.24, 2.45) is 0 Å². The molecule has 1 aromatic rings. The second-order valence-electron chi connectivity index (χ2n) is 4.69. The van der Waals surface area contributed by atoms with Crippen molar-refractivity contribution in [2.45, 2.75) is 25.8 Å². The highest BCUT2D eigenvalue weighted by atomic mass is 32.2.